The minimum atomic E-state index is 0.102. The summed E-state index contributed by atoms with van der Waals surface area (Å²) in [6, 6.07) is 10.5. The van der Waals surface area contributed by atoms with Crippen molar-refractivity contribution in [2.75, 3.05) is 5.75 Å². The molecule has 1 aliphatic carbocycles. The number of nitrogens with zero attached hydrogens (tertiary/aromatic N) is 3. The lowest BCUT2D eigenvalue weighted by molar-refractivity contribution is 0.102. The lowest BCUT2D eigenvalue weighted by atomic mass is 10.1. The van der Waals surface area contributed by atoms with Crippen molar-refractivity contribution >= 4 is 17.5 Å². The van der Waals surface area contributed by atoms with E-state index in [1.54, 1.807) is 0 Å². The Bertz CT molecular complexity index is 969. The number of thioether (sulfide) groups is 1. The molecule has 1 aromatic carbocycles. The third-order valence-electron chi connectivity index (χ3n) is 4.70. The number of ketones is 1. The molecule has 0 atom stereocenters. The first-order chi connectivity index (χ1) is 12.5. The fourth-order valence-corrected chi connectivity index (χ4v) is 3.97. The molecule has 0 bridgehead atoms. The van der Waals surface area contributed by atoms with Crippen molar-refractivity contribution in [3.8, 4) is 11.5 Å². The third-order valence-corrected chi connectivity index (χ3v) is 5.51. The second-order valence-electron chi connectivity index (χ2n) is 6.84. The molecule has 0 amide bonds. The van der Waals surface area contributed by atoms with Crippen LogP contribution in [0.5, 0.6) is 0 Å². The van der Waals surface area contributed by atoms with Gasteiger partial charge in [0.2, 0.25) is 5.89 Å². The van der Waals surface area contributed by atoms with Crippen LogP contribution >= 0.6 is 11.8 Å². The molecule has 0 aliphatic heterocycles. The summed E-state index contributed by atoms with van der Waals surface area (Å²) in [5.74, 6) is 0.880. The summed E-state index contributed by atoms with van der Waals surface area (Å²) in [5.41, 5.74) is 5.07. The van der Waals surface area contributed by atoms with E-state index in [-0.39, 0.29) is 5.78 Å². The molecule has 4 rings (SSSR count). The molecule has 1 aliphatic rings. The maximum atomic E-state index is 12.6. The molecule has 0 N–H and O–H groups in total. The van der Waals surface area contributed by atoms with E-state index in [1.807, 2.05) is 44.2 Å². The summed E-state index contributed by atoms with van der Waals surface area (Å²) < 4.78 is 7.99. The van der Waals surface area contributed by atoms with Crippen molar-refractivity contribution in [2.24, 2.45) is 0 Å². The van der Waals surface area contributed by atoms with Crippen molar-refractivity contribution in [3.05, 3.63) is 52.8 Å². The van der Waals surface area contributed by atoms with Gasteiger partial charge in [0, 0.05) is 28.6 Å². The highest BCUT2D eigenvalue weighted by molar-refractivity contribution is 7.99. The zero-order chi connectivity index (χ0) is 18.3. The van der Waals surface area contributed by atoms with E-state index in [9.17, 15) is 4.79 Å². The summed E-state index contributed by atoms with van der Waals surface area (Å²) >= 11 is 1.29. The highest BCUT2D eigenvalue weighted by atomic mass is 32.2. The smallest absolute Gasteiger partial charge is 0.277 e. The van der Waals surface area contributed by atoms with Crippen LogP contribution in [0.3, 0.4) is 0 Å². The van der Waals surface area contributed by atoms with Crippen LogP contribution in [0.25, 0.3) is 11.5 Å². The first kappa shape index (κ1) is 17.1. The molecule has 134 valence electrons. The van der Waals surface area contributed by atoms with Crippen molar-refractivity contribution in [2.45, 2.75) is 44.9 Å². The minimum absolute atomic E-state index is 0.102. The van der Waals surface area contributed by atoms with Gasteiger partial charge in [0.1, 0.15) is 0 Å². The number of hydrogen-bond donors (Lipinski definition) is 0. The van der Waals surface area contributed by atoms with Gasteiger partial charge in [-0.15, -0.1) is 10.2 Å². The molecule has 6 heteroatoms. The molecule has 0 saturated heterocycles. The van der Waals surface area contributed by atoms with Gasteiger partial charge in [-0.25, -0.2) is 0 Å². The summed E-state index contributed by atoms with van der Waals surface area (Å²) in [6.07, 6.45) is 2.42. The first-order valence-electron chi connectivity index (χ1n) is 8.78. The molecule has 0 spiro atoms. The van der Waals surface area contributed by atoms with Gasteiger partial charge in [0.25, 0.3) is 5.22 Å². The Morgan fingerprint density at radius 1 is 1.23 bits per heavy atom. The van der Waals surface area contributed by atoms with Crippen LogP contribution in [0.15, 0.2) is 40.0 Å². The highest BCUT2D eigenvalue weighted by Crippen LogP contribution is 2.38. The highest BCUT2D eigenvalue weighted by Gasteiger charge is 2.28. The van der Waals surface area contributed by atoms with Gasteiger partial charge in [-0.05, 0) is 51.8 Å². The van der Waals surface area contributed by atoms with E-state index >= 15 is 0 Å². The Morgan fingerprint density at radius 3 is 2.77 bits per heavy atom. The lowest BCUT2D eigenvalue weighted by Gasteiger charge is -2.07. The molecular formula is C20H21N3O2S. The maximum Gasteiger partial charge on any atom is 0.277 e. The molecule has 3 aromatic rings. The predicted molar refractivity (Wildman–Crippen MR) is 102 cm³/mol. The Balaban J connectivity index is 1.45. The Hall–Kier alpha value is -2.34. The van der Waals surface area contributed by atoms with E-state index in [0.717, 1.165) is 28.1 Å². The van der Waals surface area contributed by atoms with Gasteiger partial charge in [0.05, 0.1) is 5.75 Å². The fourth-order valence-electron chi connectivity index (χ4n) is 3.32. The van der Waals surface area contributed by atoms with Gasteiger partial charge in [-0.1, -0.05) is 29.5 Å². The predicted octanol–water partition coefficient (Wildman–Crippen LogP) is 4.77. The molecule has 0 unspecified atom stereocenters. The number of carbonyl (C=O) groups is 1. The average molecular weight is 367 g/mol. The largest absolute Gasteiger partial charge is 0.411 e. The zero-order valence-electron chi connectivity index (χ0n) is 15.2. The van der Waals surface area contributed by atoms with Gasteiger partial charge < -0.3 is 8.98 Å². The van der Waals surface area contributed by atoms with Crippen LogP contribution in [-0.2, 0) is 0 Å². The third kappa shape index (κ3) is 3.33. The van der Waals surface area contributed by atoms with E-state index in [0.29, 0.717) is 22.9 Å². The maximum absolute atomic E-state index is 12.6. The first-order valence-corrected chi connectivity index (χ1v) is 9.76. The van der Waals surface area contributed by atoms with Crippen LogP contribution < -0.4 is 0 Å². The van der Waals surface area contributed by atoms with Crippen molar-refractivity contribution < 1.29 is 9.21 Å². The molecular weight excluding hydrogens is 346 g/mol. The van der Waals surface area contributed by atoms with Crippen molar-refractivity contribution in [3.63, 3.8) is 0 Å². The normalized spacial score (nSPS) is 14.0. The Kier molecular flexibility index (Phi) is 4.44. The van der Waals surface area contributed by atoms with E-state index < -0.39 is 0 Å². The quantitative estimate of drug-likeness (QED) is 0.464. The molecule has 1 saturated carbocycles. The van der Waals surface area contributed by atoms with Gasteiger partial charge in [-0.2, -0.15) is 0 Å². The molecule has 2 aromatic heterocycles. The van der Waals surface area contributed by atoms with Crippen LogP contribution in [0.1, 0.15) is 46.2 Å². The van der Waals surface area contributed by atoms with Gasteiger partial charge >= 0.3 is 0 Å². The monoisotopic (exact) mass is 367 g/mol. The standard InChI is InChI=1S/C20H21N3O2S/c1-12-5-4-6-15(9-12)19-21-22-20(25-19)26-11-18(24)17-10-13(2)23(14(17)3)16-7-8-16/h4-6,9-10,16H,7-8,11H2,1-3H3. The topological polar surface area (TPSA) is 60.9 Å². The Morgan fingerprint density at radius 2 is 2.04 bits per heavy atom. The van der Waals surface area contributed by atoms with Crippen LogP contribution in [-0.4, -0.2) is 26.3 Å². The zero-order valence-corrected chi connectivity index (χ0v) is 16.0. The number of aryl methyl sites for hydroxylation is 2. The summed E-state index contributed by atoms with van der Waals surface area (Å²) in [5, 5.41) is 8.57. The van der Waals surface area contributed by atoms with Gasteiger partial charge in [0.15, 0.2) is 5.78 Å². The van der Waals surface area contributed by atoms with Crippen LogP contribution in [0.2, 0.25) is 0 Å². The summed E-state index contributed by atoms with van der Waals surface area (Å²) in [6.45, 7) is 6.12. The second kappa shape index (κ2) is 6.76. The van der Waals surface area contributed by atoms with Crippen LogP contribution in [0, 0.1) is 20.8 Å². The number of hydrogen-bond acceptors (Lipinski definition) is 5. The number of benzene rings is 1. The fraction of sp³-hybridized carbons (Fsp3) is 0.350. The molecule has 1 fully saturated rings. The van der Waals surface area contributed by atoms with Gasteiger partial charge in [-0.3, -0.25) is 4.79 Å². The minimum Gasteiger partial charge on any atom is -0.411 e. The molecule has 5 nitrogen and oxygen atoms in total. The Labute approximate surface area is 156 Å². The SMILES string of the molecule is Cc1cccc(-c2nnc(SCC(=O)c3cc(C)n(C4CC4)c3C)o2)c1. The van der Waals surface area contributed by atoms with E-state index in [1.165, 1.54) is 24.6 Å². The molecule has 2 heterocycles. The molecule has 26 heavy (non-hydrogen) atoms. The lowest BCUT2D eigenvalue weighted by Crippen LogP contribution is -2.05. The number of Topliss-reactive ketones (excluding diaryl/α,β-unsaturated/α-hetero) is 1. The number of rotatable bonds is 6. The van der Waals surface area contributed by atoms with E-state index in [4.69, 9.17) is 4.42 Å². The number of carbonyl (C=O) groups excluding carboxylic acids is 1. The summed E-state index contributed by atoms with van der Waals surface area (Å²) in [4.78, 5) is 12.6. The average Bonchev–Trinajstić information content (AvgIpc) is 3.24. The molecule has 0 radical (unpaired) electrons. The van der Waals surface area contributed by atoms with Crippen molar-refractivity contribution in [1.82, 2.24) is 14.8 Å². The van der Waals surface area contributed by atoms with Crippen molar-refractivity contribution in [1.29, 1.82) is 0 Å². The summed E-state index contributed by atoms with van der Waals surface area (Å²) in [7, 11) is 0. The van der Waals surface area contributed by atoms with E-state index in [2.05, 4.69) is 21.7 Å². The number of aromatic nitrogens is 3. The van der Waals surface area contributed by atoms with Crippen LogP contribution in [0.4, 0.5) is 0 Å². The second-order valence-corrected chi connectivity index (χ2v) is 7.77.